The molecule has 0 spiro atoms. The second-order valence-corrected chi connectivity index (χ2v) is 10.8. The molecule has 0 fully saturated rings. The number of hydrogen-bond acceptors (Lipinski definition) is 2. The van der Waals surface area contributed by atoms with E-state index in [0.29, 0.717) is 0 Å². The third-order valence-corrected chi connectivity index (χ3v) is 5.29. The Hall–Kier alpha value is -0.803. The molecule has 0 unspecified atom stereocenters. The maximum Gasteiger partial charge on any atom is 0.0796 e. The smallest absolute Gasteiger partial charge is 0.0796 e. The van der Waals surface area contributed by atoms with Gasteiger partial charge in [0.05, 0.1) is 13.8 Å². The highest BCUT2D eigenvalue weighted by molar-refractivity contribution is 8.02. The van der Waals surface area contributed by atoms with Crippen molar-refractivity contribution in [2.45, 2.75) is 19.6 Å². The van der Waals surface area contributed by atoms with Crippen LogP contribution in [0.3, 0.4) is 0 Å². The molecule has 16 heavy (non-hydrogen) atoms. The monoisotopic (exact) mass is 249 g/mol. The molecule has 0 bridgehead atoms. The SMILES string of the molecule is C=C(SC)C(=C)c1ccc([Si](C)(C)C)cn1. The van der Waals surface area contributed by atoms with Crippen molar-refractivity contribution in [3.63, 3.8) is 0 Å². The first-order valence-electron chi connectivity index (χ1n) is 5.25. The summed E-state index contributed by atoms with van der Waals surface area (Å²) in [6, 6.07) is 4.23. The van der Waals surface area contributed by atoms with Gasteiger partial charge >= 0.3 is 0 Å². The molecule has 1 nitrogen and oxygen atoms in total. The number of thioether (sulfide) groups is 1. The van der Waals surface area contributed by atoms with E-state index < -0.39 is 8.07 Å². The molecule has 0 aliphatic heterocycles. The van der Waals surface area contributed by atoms with Gasteiger partial charge in [-0.1, -0.05) is 38.9 Å². The van der Waals surface area contributed by atoms with Crippen LogP contribution in [0.5, 0.6) is 0 Å². The van der Waals surface area contributed by atoms with Gasteiger partial charge in [0.2, 0.25) is 0 Å². The van der Waals surface area contributed by atoms with Gasteiger partial charge < -0.3 is 0 Å². The van der Waals surface area contributed by atoms with Crippen molar-refractivity contribution in [3.8, 4) is 0 Å². The van der Waals surface area contributed by atoms with Crippen molar-refractivity contribution in [3.05, 3.63) is 42.1 Å². The topological polar surface area (TPSA) is 12.9 Å². The van der Waals surface area contributed by atoms with Crippen LogP contribution < -0.4 is 5.19 Å². The zero-order chi connectivity index (χ0) is 12.3. The van der Waals surface area contributed by atoms with E-state index in [-0.39, 0.29) is 0 Å². The predicted molar refractivity (Wildman–Crippen MR) is 78.9 cm³/mol. The maximum atomic E-state index is 4.48. The Balaban J connectivity index is 2.96. The van der Waals surface area contributed by atoms with Crippen molar-refractivity contribution in [2.24, 2.45) is 0 Å². The molecule has 0 aliphatic carbocycles. The normalized spacial score (nSPS) is 11.2. The van der Waals surface area contributed by atoms with Gasteiger partial charge in [-0.3, -0.25) is 4.98 Å². The zero-order valence-electron chi connectivity index (χ0n) is 10.5. The Labute approximate surface area is 104 Å². The fourth-order valence-corrected chi connectivity index (χ4v) is 2.67. The molecular weight excluding hydrogens is 230 g/mol. The number of aromatic nitrogens is 1. The summed E-state index contributed by atoms with van der Waals surface area (Å²) in [6.07, 6.45) is 3.99. The predicted octanol–water partition coefficient (Wildman–Crippen LogP) is 3.52. The van der Waals surface area contributed by atoms with Gasteiger partial charge in [-0.05, 0) is 17.5 Å². The van der Waals surface area contributed by atoms with Crippen LogP contribution in [0.2, 0.25) is 19.6 Å². The molecule has 0 saturated heterocycles. The Kier molecular flexibility index (Phi) is 4.16. The van der Waals surface area contributed by atoms with Crippen molar-refractivity contribution in [2.75, 3.05) is 6.26 Å². The van der Waals surface area contributed by atoms with E-state index in [2.05, 4.69) is 49.9 Å². The van der Waals surface area contributed by atoms with Gasteiger partial charge in [0.1, 0.15) is 0 Å². The lowest BCUT2D eigenvalue weighted by Gasteiger charge is -2.16. The molecule has 0 N–H and O–H groups in total. The highest BCUT2D eigenvalue weighted by Gasteiger charge is 2.16. The Bertz CT molecular complexity index is 401. The summed E-state index contributed by atoms with van der Waals surface area (Å²) >= 11 is 1.61. The zero-order valence-corrected chi connectivity index (χ0v) is 12.3. The summed E-state index contributed by atoms with van der Waals surface area (Å²) in [7, 11) is -1.25. The quantitative estimate of drug-likeness (QED) is 0.598. The summed E-state index contributed by atoms with van der Waals surface area (Å²) in [5.41, 5.74) is 1.86. The number of allylic oxidation sites excluding steroid dienone is 1. The van der Waals surface area contributed by atoms with Gasteiger partial charge in [0.15, 0.2) is 0 Å². The molecule has 1 rings (SSSR count). The number of hydrogen-bond donors (Lipinski definition) is 0. The van der Waals surface area contributed by atoms with Gasteiger partial charge in [0.25, 0.3) is 0 Å². The highest BCUT2D eigenvalue weighted by Crippen LogP contribution is 2.25. The number of nitrogens with zero attached hydrogens (tertiary/aromatic N) is 1. The molecule has 1 aromatic rings. The molecular formula is C13H19NSSi. The van der Waals surface area contributed by atoms with Gasteiger partial charge in [-0.15, -0.1) is 11.8 Å². The van der Waals surface area contributed by atoms with E-state index in [1.807, 2.05) is 12.5 Å². The maximum absolute atomic E-state index is 4.48. The molecule has 1 heterocycles. The van der Waals surface area contributed by atoms with E-state index in [1.54, 1.807) is 11.8 Å². The van der Waals surface area contributed by atoms with Crippen molar-refractivity contribution >= 4 is 30.6 Å². The Morgan fingerprint density at radius 2 is 1.88 bits per heavy atom. The molecule has 0 aromatic carbocycles. The molecule has 3 heteroatoms. The highest BCUT2D eigenvalue weighted by atomic mass is 32.2. The molecule has 0 atom stereocenters. The fourth-order valence-electron chi connectivity index (χ4n) is 1.28. The average Bonchev–Trinajstić information content (AvgIpc) is 2.26. The lowest BCUT2D eigenvalue weighted by molar-refractivity contribution is 1.29. The third-order valence-electron chi connectivity index (χ3n) is 2.52. The van der Waals surface area contributed by atoms with Crippen LogP contribution in [-0.4, -0.2) is 19.3 Å². The van der Waals surface area contributed by atoms with Gasteiger partial charge in [-0.2, -0.15) is 0 Å². The first-order valence-corrected chi connectivity index (χ1v) is 9.98. The summed E-state index contributed by atoms with van der Waals surface area (Å²) in [6.45, 7) is 14.9. The Morgan fingerprint density at radius 1 is 1.25 bits per heavy atom. The summed E-state index contributed by atoms with van der Waals surface area (Å²) in [5.74, 6) is 0. The van der Waals surface area contributed by atoms with E-state index in [1.165, 1.54) is 5.19 Å². The first kappa shape index (κ1) is 13.3. The minimum atomic E-state index is -1.25. The molecule has 0 radical (unpaired) electrons. The van der Waals surface area contributed by atoms with Gasteiger partial charge in [0, 0.05) is 16.7 Å². The first-order chi connectivity index (χ1) is 7.36. The van der Waals surface area contributed by atoms with Crippen LogP contribution in [0.4, 0.5) is 0 Å². The van der Waals surface area contributed by atoms with E-state index >= 15 is 0 Å². The standard InChI is InChI=1S/C13H19NSSi/c1-10(11(2)15-3)13-8-7-12(9-14-13)16(4,5)6/h7-9H,1-2H2,3-6H3. The van der Waals surface area contributed by atoms with Crippen LogP contribution in [0, 0.1) is 0 Å². The fraction of sp³-hybridized carbons (Fsp3) is 0.308. The van der Waals surface area contributed by atoms with E-state index in [4.69, 9.17) is 0 Å². The molecule has 0 amide bonds. The molecule has 1 aromatic heterocycles. The number of rotatable bonds is 4. The minimum Gasteiger partial charge on any atom is -0.256 e. The molecule has 0 saturated carbocycles. The van der Waals surface area contributed by atoms with Crippen molar-refractivity contribution < 1.29 is 0 Å². The largest absolute Gasteiger partial charge is 0.256 e. The summed E-state index contributed by atoms with van der Waals surface area (Å²) in [5, 5.41) is 1.37. The van der Waals surface area contributed by atoms with Crippen LogP contribution >= 0.6 is 11.8 Å². The third kappa shape index (κ3) is 3.09. The van der Waals surface area contributed by atoms with Crippen LogP contribution in [0.1, 0.15) is 5.69 Å². The Morgan fingerprint density at radius 3 is 2.25 bits per heavy atom. The second kappa shape index (κ2) is 5.02. The van der Waals surface area contributed by atoms with Crippen LogP contribution in [0.25, 0.3) is 5.57 Å². The second-order valence-electron chi connectivity index (χ2n) is 4.79. The van der Waals surface area contributed by atoms with Crippen molar-refractivity contribution in [1.29, 1.82) is 0 Å². The summed E-state index contributed by atoms with van der Waals surface area (Å²) in [4.78, 5) is 5.45. The lowest BCUT2D eigenvalue weighted by Crippen LogP contribution is -2.37. The average molecular weight is 249 g/mol. The van der Waals surface area contributed by atoms with Crippen LogP contribution in [0.15, 0.2) is 36.4 Å². The van der Waals surface area contributed by atoms with Crippen molar-refractivity contribution in [1.82, 2.24) is 4.98 Å². The van der Waals surface area contributed by atoms with Gasteiger partial charge in [-0.25, -0.2) is 0 Å². The minimum absolute atomic E-state index is 0.926. The molecule has 0 aliphatic rings. The molecule has 86 valence electrons. The van der Waals surface area contributed by atoms with E-state index in [9.17, 15) is 0 Å². The van der Waals surface area contributed by atoms with E-state index in [0.717, 1.165) is 16.2 Å². The van der Waals surface area contributed by atoms with Crippen LogP contribution in [-0.2, 0) is 0 Å². The number of pyridine rings is 1. The lowest BCUT2D eigenvalue weighted by atomic mass is 10.2. The summed E-state index contributed by atoms with van der Waals surface area (Å²) < 4.78 is 0.